The number of hydrogen-bond donors (Lipinski definition) is 0. The third kappa shape index (κ3) is 2.63. The van der Waals surface area contributed by atoms with Gasteiger partial charge in [-0.1, -0.05) is 31.9 Å². The van der Waals surface area contributed by atoms with Crippen molar-refractivity contribution >= 4 is 59.2 Å². The summed E-state index contributed by atoms with van der Waals surface area (Å²) in [7, 11) is 0. The third-order valence-electron chi connectivity index (χ3n) is 2.65. The molecule has 1 aromatic heterocycles. The van der Waals surface area contributed by atoms with Crippen LogP contribution < -0.4 is 0 Å². The first kappa shape index (κ1) is 13.0. The van der Waals surface area contributed by atoms with Crippen molar-refractivity contribution in [1.82, 2.24) is 4.98 Å². The minimum atomic E-state index is -0.0372. The van der Waals surface area contributed by atoms with Crippen molar-refractivity contribution in [3.05, 3.63) is 62.0 Å². The van der Waals surface area contributed by atoms with E-state index < -0.39 is 0 Å². The van der Waals surface area contributed by atoms with E-state index in [0.717, 1.165) is 19.2 Å². The summed E-state index contributed by atoms with van der Waals surface area (Å²) in [6.45, 7) is 0. The highest BCUT2D eigenvalue weighted by Crippen LogP contribution is 2.27. The Kier molecular flexibility index (Phi) is 3.52. The van der Waals surface area contributed by atoms with Crippen LogP contribution in [0.2, 0.25) is 0 Å². The molecule has 3 rings (SSSR count). The summed E-state index contributed by atoms with van der Waals surface area (Å²) < 4.78 is 2.96. The number of thiazole rings is 1. The molecule has 94 valence electrons. The predicted octanol–water partition coefficient (Wildman–Crippen LogP) is 5.05. The quantitative estimate of drug-likeness (QED) is 0.567. The van der Waals surface area contributed by atoms with Crippen LogP contribution in [0, 0.1) is 0 Å². The lowest BCUT2D eigenvalue weighted by atomic mass is 10.1. The van der Waals surface area contributed by atoms with E-state index in [-0.39, 0.29) is 5.78 Å². The molecule has 0 atom stereocenters. The van der Waals surface area contributed by atoms with E-state index in [2.05, 4.69) is 36.8 Å². The van der Waals surface area contributed by atoms with Crippen molar-refractivity contribution in [2.45, 2.75) is 0 Å². The maximum atomic E-state index is 12.3. The van der Waals surface area contributed by atoms with Crippen LogP contribution in [-0.2, 0) is 0 Å². The van der Waals surface area contributed by atoms with Crippen molar-refractivity contribution in [1.29, 1.82) is 0 Å². The minimum Gasteiger partial charge on any atom is -0.286 e. The summed E-state index contributed by atoms with van der Waals surface area (Å²) in [5.41, 5.74) is 1.51. The monoisotopic (exact) mass is 395 g/mol. The Hall–Kier alpha value is -1.04. The van der Waals surface area contributed by atoms with Crippen molar-refractivity contribution in [2.24, 2.45) is 0 Å². The van der Waals surface area contributed by atoms with Gasteiger partial charge in [0.1, 0.15) is 0 Å². The molecule has 0 radical (unpaired) electrons. The highest BCUT2D eigenvalue weighted by molar-refractivity contribution is 9.10. The summed E-state index contributed by atoms with van der Waals surface area (Å²) in [6.07, 6.45) is 0. The molecule has 5 heteroatoms. The van der Waals surface area contributed by atoms with Crippen LogP contribution in [0.4, 0.5) is 0 Å². The lowest BCUT2D eigenvalue weighted by Crippen LogP contribution is -1.99. The van der Waals surface area contributed by atoms with Gasteiger partial charge in [-0.25, -0.2) is 4.98 Å². The van der Waals surface area contributed by atoms with Gasteiger partial charge in [0.05, 0.1) is 10.2 Å². The molecule has 0 fully saturated rings. The fraction of sp³-hybridized carbons (Fsp3) is 0. The number of carbonyl (C=O) groups is 1. The van der Waals surface area contributed by atoms with Crippen molar-refractivity contribution in [2.75, 3.05) is 0 Å². The standard InChI is InChI=1S/C14H7Br2NOS/c15-9-3-1-8(2-4-9)13(18)14-17-11-6-5-10(16)7-12(11)19-14/h1-7H. The van der Waals surface area contributed by atoms with E-state index in [9.17, 15) is 4.79 Å². The van der Waals surface area contributed by atoms with E-state index in [4.69, 9.17) is 0 Å². The maximum absolute atomic E-state index is 12.3. The Morgan fingerprint density at radius 1 is 1.00 bits per heavy atom. The molecule has 1 heterocycles. The molecule has 0 amide bonds. The van der Waals surface area contributed by atoms with Crippen LogP contribution >= 0.6 is 43.2 Å². The smallest absolute Gasteiger partial charge is 0.221 e. The molecule has 3 aromatic rings. The van der Waals surface area contributed by atoms with Gasteiger partial charge in [-0.3, -0.25) is 4.79 Å². The van der Waals surface area contributed by atoms with E-state index in [1.165, 1.54) is 11.3 Å². The van der Waals surface area contributed by atoms with Crippen LogP contribution in [0.1, 0.15) is 15.4 Å². The van der Waals surface area contributed by atoms with Gasteiger partial charge in [0.15, 0.2) is 5.01 Å². The first-order valence-electron chi connectivity index (χ1n) is 5.50. The second kappa shape index (κ2) is 5.15. The van der Waals surface area contributed by atoms with Crippen molar-refractivity contribution < 1.29 is 4.79 Å². The van der Waals surface area contributed by atoms with Gasteiger partial charge in [-0.15, -0.1) is 11.3 Å². The average Bonchev–Trinajstić information content (AvgIpc) is 2.81. The summed E-state index contributed by atoms with van der Waals surface area (Å²) in [5, 5.41) is 0.524. The Bertz CT molecular complexity index is 765. The highest BCUT2D eigenvalue weighted by atomic mass is 79.9. The largest absolute Gasteiger partial charge is 0.286 e. The fourth-order valence-electron chi connectivity index (χ4n) is 1.72. The summed E-state index contributed by atoms with van der Waals surface area (Å²) in [6, 6.07) is 13.1. The van der Waals surface area contributed by atoms with Crippen molar-refractivity contribution in [3.63, 3.8) is 0 Å². The number of hydrogen-bond acceptors (Lipinski definition) is 3. The molecule has 2 aromatic carbocycles. The number of fused-ring (bicyclic) bond motifs is 1. The molecule has 0 spiro atoms. The van der Waals surface area contributed by atoms with Crippen LogP contribution in [-0.4, -0.2) is 10.8 Å². The molecule has 19 heavy (non-hydrogen) atoms. The molecule has 0 saturated carbocycles. The van der Waals surface area contributed by atoms with E-state index >= 15 is 0 Å². The number of aromatic nitrogens is 1. The number of benzene rings is 2. The summed E-state index contributed by atoms with van der Waals surface area (Å²) >= 11 is 8.19. The molecule has 0 saturated heterocycles. The Balaban J connectivity index is 2.04. The van der Waals surface area contributed by atoms with Crippen LogP contribution in [0.3, 0.4) is 0 Å². The molecule has 0 unspecified atom stereocenters. The molecule has 0 aliphatic heterocycles. The Labute approximate surface area is 130 Å². The number of halogens is 2. The molecule has 0 N–H and O–H groups in total. The van der Waals surface area contributed by atoms with Gasteiger partial charge in [-0.05, 0) is 42.5 Å². The molecule has 2 nitrogen and oxygen atoms in total. The fourth-order valence-corrected chi connectivity index (χ4v) is 3.46. The van der Waals surface area contributed by atoms with Gasteiger partial charge in [0.2, 0.25) is 5.78 Å². The minimum absolute atomic E-state index is 0.0372. The first-order valence-corrected chi connectivity index (χ1v) is 7.90. The van der Waals surface area contributed by atoms with Crippen LogP contribution in [0.15, 0.2) is 51.4 Å². The van der Waals surface area contributed by atoms with Crippen LogP contribution in [0.25, 0.3) is 10.2 Å². The van der Waals surface area contributed by atoms with E-state index in [1.807, 2.05) is 30.3 Å². The molecular formula is C14H7Br2NOS. The second-order valence-corrected chi connectivity index (χ2v) is 6.83. The topological polar surface area (TPSA) is 30.0 Å². The molecule has 0 aliphatic rings. The molecular weight excluding hydrogens is 390 g/mol. The molecule has 0 aliphatic carbocycles. The Morgan fingerprint density at radius 2 is 1.68 bits per heavy atom. The number of nitrogens with zero attached hydrogens (tertiary/aromatic N) is 1. The number of rotatable bonds is 2. The predicted molar refractivity (Wildman–Crippen MR) is 84.9 cm³/mol. The third-order valence-corrected chi connectivity index (χ3v) is 4.69. The lowest BCUT2D eigenvalue weighted by molar-refractivity contribution is 0.103. The van der Waals surface area contributed by atoms with Gasteiger partial charge in [0, 0.05) is 14.5 Å². The van der Waals surface area contributed by atoms with Gasteiger partial charge >= 0.3 is 0 Å². The second-order valence-electron chi connectivity index (χ2n) is 3.97. The SMILES string of the molecule is O=C(c1ccc(Br)cc1)c1nc2ccc(Br)cc2s1. The van der Waals surface area contributed by atoms with E-state index in [0.29, 0.717) is 10.6 Å². The lowest BCUT2D eigenvalue weighted by Gasteiger charge is -1.96. The zero-order valence-corrected chi connectivity index (χ0v) is 13.5. The van der Waals surface area contributed by atoms with Crippen LogP contribution in [0.5, 0.6) is 0 Å². The first-order chi connectivity index (χ1) is 9.13. The van der Waals surface area contributed by atoms with Gasteiger partial charge in [-0.2, -0.15) is 0 Å². The van der Waals surface area contributed by atoms with Gasteiger partial charge in [0.25, 0.3) is 0 Å². The number of carbonyl (C=O) groups excluding carboxylic acids is 1. The number of ketones is 1. The van der Waals surface area contributed by atoms with E-state index in [1.54, 1.807) is 12.1 Å². The Morgan fingerprint density at radius 3 is 2.42 bits per heavy atom. The normalized spacial score (nSPS) is 10.8. The zero-order valence-electron chi connectivity index (χ0n) is 9.56. The maximum Gasteiger partial charge on any atom is 0.221 e. The summed E-state index contributed by atoms with van der Waals surface area (Å²) in [4.78, 5) is 16.7. The summed E-state index contributed by atoms with van der Waals surface area (Å²) in [5.74, 6) is -0.0372. The highest BCUT2D eigenvalue weighted by Gasteiger charge is 2.14. The van der Waals surface area contributed by atoms with Gasteiger partial charge < -0.3 is 0 Å². The van der Waals surface area contributed by atoms with Crippen molar-refractivity contribution in [3.8, 4) is 0 Å². The zero-order chi connectivity index (χ0) is 13.4. The molecule has 0 bridgehead atoms. The average molecular weight is 397 g/mol.